The van der Waals surface area contributed by atoms with Crippen LogP contribution in [-0.2, 0) is 14.9 Å². The molecule has 1 saturated carbocycles. The van der Waals surface area contributed by atoms with Gasteiger partial charge in [0.15, 0.2) is 0 Å². The van der Waals surface area contributed by atoms with E-state index < -0.39 is 5.60 Å². The second-order valence-corrected chi connectivity index (χ2v) is 10.0. The smallest absolute Gasteiger partial charge is 0.407 e. The van der Waals surface area contributed by atoms with Crippen molar-refractivity contribution < 1.29 is 14.3 Å². The zero-order valence-electron chi connectivity index (χ0n) is 18.9. The van der Waals surface area contributed by atoms with Crippen LogP contribution < -0.4 is 10.6 Å². The SMILES string of the molecule is C[C@H]1C[C@H](CNC(=O)OC(C)(C)C)CN1CC(=O)NCC1(c2ccccc2)CCC1. The van der Waals surface area contributed by atoms with E-state index in [2.05, 4.69) is 46.7 Å². The molecule has 1 aliphatic heterocycles. The van der Waals surface area contributed by atoms with Crippen molar-refractivity contribution in [1.82, 2.24) is 15.5 Å². The third kappa shape index (κ3) is 5.97. The first-order valence-corrected chi connectivity index (χ1v) is 11.2. The molecular weight excluding hydrogens is 378 g/mol. The fourth-order valence-electron chi connectivity index (χ4n) is 4.60. The van der Waals surface area contributed by atoms with Crippen LogP contribution in [0.5, 0.6) is 0 Å². The first-order chi connectivity index (χ1) is 14.2. The number of nitrogens with one attached hydrogen (secondary N) is 2. The summed E-state index contributed by atoms with van der Waals surface area (Å²) in [5, 5.41) is 6.06. The molecule has 6 nitrogen and oxygen atoms in total. The average Bonchev–Trinajstić information content (AvgIpc) is 2.98. The Morgan fingerprint density at radius 1 is 1.17 bits per heavy atom. The number of benzene rings is 1. The molecule has 2 aliphatic rings. The van der Waals surface area contributed by atoms with Gasteiger partial charge in [-0.15, -0.1) is 0 Å². The monoisotopic (exact) mass is 415 g/mol. The van der Waals surface area contributed by atoms with E-state index in [0.717, 1.165) is 25.8 Å². The lowest BCUT2D eigenvalue weighted by atomic mass is 9.64. The molecule has 0 spiro atoms. The van der Waals surface area contributed by atoms with Crippen LogP contribution in [0.25, 0.3) is 0 Å². The Morgan fingerprint density at radius 2 is 1.87 bits per heavy atom. The molecule has 0 bridgehead atoms. The van der Waals surface area contributed by atoms with Crippen molar-refractivity contribution in [1.29, 1.82) is 0 Å². The minimum Gasteiger partial charge on any atom is -0.444 e. The fourth-order valence-corrected chi connectivity index (χ4v) is 4.60. The molecule has 6 heteroatoms. The number of hydrogen-bond acceptors (Lipinski definition) is 4. The van der Waals surface area contributed by atoms with E-state index in [9.17, 15) is 9.59 Å². The number of ether oxygens (including phenoxy) is 1. The normalized spacial score (nSPS) is 23.5. The summed E-state index contributed by atoms with van der Waals surface area (Å²) in [6.45, 7) is 10.2. The first-order valence-electron chi connectivity index (χ1n) is 11.2. The highest BCUT2D eigenvalue weighted by atomic mass is 16.6. The summed E-state index contributed by atoms with van der Waals surface area (Å²) in [6.07, 6.45) is 4.08. The van der Waals surface area contributed by atoms with Crippen LogP contribution in [0.3, 0.4) is 0 Å². The minimum atomic E-state index is -0.491. The molecule has 1 heterocycles. The second kappa shape index (κ2) is 9.38. The molecule has 2 fully saturated rings. The molecule has 3 rings (SSSR count). The van der Waals surface area contributed by atoms with Gasteiger partial charge in [0.1, 0.15) is 5.60 Å². The van der Waals surface area contributed by atoms with Gasteiger partial charge in [0.2, 0.25) is 5.91 Å². The Morgan fingerprint density at radius 3 is 2.47 bits per heavy atom. The highest BCUT2D eigenvalue weighted by Crippen LogP contribution is 2.43. The van der Waals surface area contributed by atoms with Gasteiger partial charge in [-0.1, -0.05) is 36.8 Å². The van der Waals surface area contributed by atoms with E-state index in [1.54, 1.807) is 0 Å². The number of likely N-dealkylation sites (tertiary alicyclic amines) is 1. The maximum atomic E-state index is 12.6. The molecular formula is C24H37N3O3. The van der Waals surface area contributed by atoms with Crippen molar-refractivity contribution in [2.24, 2.45) is 5.92 Å². The number of carbonyl (C=O) groups is 2. The van der Waals surface area contributed by atoms with Crippen molar-refractivity contribution in [3.05, 3.63) is 35.9 Å². The van der Waals surface area contributed by atoms with Crippen LogP contribution in [0.15, 0.2) is 30.3 Å². The Bertz CT molecular complexity index is 725. The third-order valence-corrected chi connectivity index (χ3v) is 6.39. The largest absolute Gasteiger partial charge is 0.444 e. The van der Waals surface area contributed by atoms with Crippen LogP contribution in [-0.4, -0.2) is 54.7 Å². The maximum absolute atomic E-state index is 12.6. The summed E-state index contributed by atoms with van der Waals surface area (Å²) in [6, 6.07) is 10.9. The lowest BCUT2D eigenvalue weighted by molar-refractivity contribution is -0.122. The Labute approximate surface area is 180 Å². The zero-order valence-corrected chi connectivity index (χ0v) is 18.9. The molecule has 1 aliphatic carbocycles. The highest BCUT2D eigenvalue weighted by molar-refractivity contribution is 5.78. The number of alkyl carbamates (subject to hydrolysis) is 1. The molecule has 0 unspecified atom stereocenters. The summed E-state index contributed by atoms with van der Waals surface area (Å²) in [5.41, 5.74) is 0.946. The lowest BCUT2D eigenvalue weighted by Crippen LogP contribution is -2.48. The minimum absolute atomic E-state index is 0.0878. The van der Waals surface area contributed by atoms with Gasteiger partial charge in [-0.05, 0) is 58.4 Å². The quantitative estimate of drug-likeness (QED) is 0.715. The summed E-state index contributed by atoms with van der Waals surface area (Å²) in [7, 11) is 0. The number of hydrogen-bond donors (Lipinski definition) is 2. The molecule has 0 radical (unpaired) electrons. The van der Waals surface area contributed by atoms with Crippen molar-refractivity contribution in [3.8, 4) is 0 Å². The van der Waals surface area contributed by atoms with Crippen LogP contribution in [0.4, 0.5) is 4.79 Å². The summed E-state index contributed by atoms with van der Waals surface area (Å²) < 4.78 is 5.30. The molecule has 166 valence electrons. The summed E-state index contributed by atoms with van der Waals surface area (Å²) in [4.78, 5) is 26.7. The third-order valence-electron chi connectivity index (χ3n) is 6.39. The molecule has 30 heavy (non-hydrogen) atoms. The van der Waals surface area contributed by atoms with E-state index >= 15 is 0 Å². The topological polar surface area (TPSA) is 70.7 Å². The lowest BCUT2D eigenvalue weighted by Gasteiger charge is -2.42. The number of carbonyl (C=O) groups excluding carboxylic acids is 2. The van der Waals surface area contributed by atoms with Crippen LogP contribution in [0.2, 0.25) is 0 Å². The molecule has 0 aromatic heterocycles. The summed E-state index contributed by atoms with van der Waals surface area (Å²) >= 11 is 0. The van der Waals surface area contributed by atoms with Gasteiger partial charge in [-0.2, -0.15) is 0 Å². The van der Waals surface area contributed by atoms with E-state index in [1.807, 2.05) is 26.8 Å². The molecule has 2 atom stereocenters. The predicted octanol–water partition coefficient (Wildman–Crippen LogP) is 3.46. The number of rotatable bonds is 7. The van der Waals surface area contributed by atoms with Gasteiger partial charge < -0.3 is 15.4 Å². The van der Waals surface area contributed by atoms with Crippen LogP contribution in [0, 0.1) is 5.92 Å². The van der Waals surface area contributed by atoms with E-state index in [0.29, 0.717) is 31.6 Å². The molecule has 2 amide bonds. The number of nitrogens with zero attached hydrogens (tertiary/aromatic N) is 1. The Kier molecular flexibility index (Phi) is 7.06. The second-order valence-electron chi connectivity index (χ2n) is 10.0. The standard InChI is InChI=1S/C24H37N3O3/c1-18-13-19(14-25-22(29)30-23(2,3)4)15-27(18)16-21(28)26-17-24(11-8-12-24)20-9-6-5-7-10-20/h5-7,9-10,18-19H,8,11-17H2,1-4H3,(H,25,29)(H,26,28)/t18-,19+/m0/s1. The van der Waals surface area contributed by atoms with Crippen LogP contribution in [0.1, 0.15) is 58.9 Å². The van der Waals surface area contributed by atoms with E-state index in [1.165, 1.54) is 12.0 Å². The van der Waals surface area contributed by atoms with Crippen molar-refractivity contribution in [3.63, 3.8) is 0 Å². The van der Waals surface area contributed by atoms with Gasteiger partial charge >= 0.3 is 6.09 Å². The van der Waals surface area contributed by atoms with Gasteiger partial charge in [0.25, 0.3) is 0 Å². The van der Waals surface area contributed by atoms with Gasteiger partial charge in [-0.3, -0.25) is 9.69 Å². The van der Waals surface area contributed by atoms with Gasteiger partial charge in [0.05, 0.1) is 6.54 Å². The molecule has 2 N–H and O–H groups in total. The van der Waals surface area contributed by atoms with E-state index in [-0.39, 0.29) is 17.4 Å². The van der Waals surface area contributed by atoms with Crippen LogP contribution >= 0.6 is 0 Å². The van der Waals surface area contributed by atoms with Crippen molar-refractivity contribution >= 4 is 12.0 Å². The Balaban J connectivity index is 1.43. The predicted molar refractivity (Wildman–Crippen MR) is 118 cm³/mol. The van der Waals surface area contributed by atoms with Crippen molar-refractivity contribution in [2.75, 3.05) is 26.2 Å². The average molecular weight is 416 g/mol. The van der Waals surface area contributed by atoms with Crippen molar-refractivity contribution in [2.45, 2.75) is 70.4 Å². The fraction of sp³-hybridized carbons (Fsp3) is 0.667. The van der Waals surface area contributed by atoms with E-state index in [4.69, 9.17) is 4.74 Å². The highest BCUT2D eigenvalue weighted by Gasteiger charge is 2.39. The maximum Gasteiger partial charge on any atom is 0.407 e. The molecule has 1 saturated heterocycles. The zero-order chi connectivity index (χ0) is 21.8. The van der Waals surface area contributed by atoms with Gasteiger partial charge in [-0.25, -0.2) is 4.79 Å². The first kappa shape index (κ1) is 22.6. The molecule has 1 aromatic carbocycles. The number of amides is 2. The Hall–Kier alpha value is -2.08. The summed E-state index contributed by atoms with van der Waals surface area (Å²) in [5.74, 6) is 0.424. The molecule has 1 aromatic rings. The van der Waals surface area contributed by atoms with Gasteiger partial charge in [0, 0.05) is 31.1 Å².